The zero-order valence-corrected chi connectivity index (χ0v) is 19.0. The Morgan fingerprint density at radius 2 is 1.75 bits per heavy atom. The van der Waals surface area contributed by atoms with Gasteiger partial charge in [-0.2, -0.15) is 0 Å². The second-order valence-electron chi connectivity index (χ2n) is 7.98. The minimum atomic E-state index is -0.643. The fourth-order valence-electron chi connectivity index (χ4n) is 3.90. The van der Waals surface area contributed by atoms with Crippen LogP contribution in [0.2, 0.25) is 0 Å². The van der Waals surface area contributed by atoms with E-state index in [4.69, 9.17) is 14.2 Å². The molecule has 7 heteroatoms. The molecule has 2 aromatic rings. The molecule has 0 radical (unpaired) electrons. The third kappa shape index (κ3) is 6.15. The normalized spacial score (nSPS) is 14.5. The molecule has 2 amide bonds. The summed E-state index contributed by atoms with van der Waals surface area (Å²) in [6, 6.07) is 14.2. The molecule has 1 unspecified atom stereocenters. The van der Waals surface area contributed by atoms with E-state index in [0.29, 0.717) is 17.2 Å². The van der Waals surface area contributed by atoms with Gasteiger partial charge in [0.15, 0.2) is 18.1 Å². The number of benzene rings is 2. The molecule has 3 rings (SSSR count). The van der Waals surface area contributed by atoms with Crippen molar-refractivity contribution in [3.63, 3.8) is 0 Å². The molecule has 1 atom stereocenters. The standard InChI is InChI=1S/C25H32N2O5/c1-18(25(29)26-20-10-4-5-11-20)27(16-19-9-8-12-21(15-19)30-2)24(28)17-32-23-14-7-6-13-22(23)31-3/h6-9,12-15,18,20H,4-5,10-11,16-17H2,1-3H3,(H,26,29). The first-order valence-corrected chi connectivity index (χ1v) is 11.0. The van der Waals surface area contributed by atoms with E-state index in [9.17, 15) is 9.59 Å². The van der Waals surface area contributed by atoms with E-state index in [1.54, 1.807) is 38.2 Å². The molecule has 172 valence electrons. The topological polar surface area (TPSA) is 77.1 Å². The molecule has 32 heavy (non-hydrogen) atoms. The third-order valence-corrected chi connectivity index (χ3v) is 5.78. The SMILES string of the molecule is COc1cccc(CN(C(=O)COc2ccccc2OC)C(C)C(=O)NC2CCCC2)c1. The first kappa shape index (κ1) is 23.4. The van der Waals surface area contributed by atoms with E-state index in [-0.39, 0.29) is 31.0 Å². The van der Waals surface area contributed by atoms with Gasteiger partial charge in [-0.3, -0.25) is 9.59 Å². The van der Waals surface area contributed by atoms with Crippen molar-refractivity contribution in [2.75, 3.05) is 20.8 Å². The Labute approximate surface area is 189 Å². The zero-order chi connectivity index (χ0) is 22.9. The molecule has 1 fully saturated rings. The van der Waals surface area contributed by atoms with Crippen LogP contribution in [0.1, 0.15) is 38.2 Å². The minimum Gasteiger partial charge on any atom is -0.497 e. The van der Waals surface area contributed by atoms with Gasteiger partial charge in [-0.1, -0.05) is 37.1 Å². The highest BCUT2D eigenvalue weighted by atomic mass is 16.5. The maximum absolute atomic E-state index is 13.2. The van der Waals surface area contributed by atoms with E-state index >= 15 is 0 Å². The van der Waals surface area contributed by atoms with Crippen molar-refractivity contribution in [3.8, 4) is 17.2 Å². The van der Waals surface area contributed by atoms with E-state index in [0.717, 1.165) is 31.2 Å². The lowest BCUT2D eigenvalue weighted by Crippen LogP contribution is -2.50. The summed E-state index contributed by atoms with van der Waals surface area (Å²) in [5, 5.41) is 3.10. The van der Waals surface area contributed by atoms with Gasteiger partial charge in [-0.15, -0.1) is 0 Å². The number of rotatable bonds is 10. The lowest BCUT2D eigenvalue weighted by atomic mass is 10.1. The smallest absolute Gasteiger partial charge is 0.261 e. The molecular formula is C25H32N2O5. The molecule has 0 bridgehead atoms. The van der Waals surface area contributed by atoms with Crippen molar-refractivity contribution >= 4 is 11.8 Å². The summed E-state index contributed by atoms with van der Waals surface area (Å²) in [6.45, 7) is 1.82. The molecule has 7 nitrogen and oxygen atoms in total. The van der Waals surface area contributed by atoms with Crippen molar-refractivity contribution in [1.82, 2.24) is 10.2 Å². The number of para-hydroxylation sites is 2. The second-order valence-corrected chi connectivity index (χ2v) is 7.98. The van der Waals surface area contributed by atoms with Crippen molar-refractivity contribution < 1.29 is 23.8 Å². The van der Waals surface area contributed by atoms with Crippen LogP contribution in [0.3, 0.4) is 0 Å². The van der Waals surface area contributed by atoms with Gasteiger partial charge in [0.2, 0.25) is 5.91 Å². The van der Waals surface area contributed by atoms with Crippen LogP contribution in [0.5, 0.6) is 17.2 Å². The molecule has 1 N–H and O–H groups in total. The molecule has 1 aliphatic rings. The summed E-state index contributed by atoms with van der Waals surface area (Å²) >= 11 is 0. The van der Waals surface area contributed by atoms with Gasteiger partial charge in [0.25, 0.3) is 5.91 Å². The second kappa shape index (κ2) is 11.4. The molecule has 0 saturated heterocycles. The Bertz CT molecular complexity index is 911. The Kier molecular flexibility index (Phi) is 8.36. The lowest BCUT2D eigenvalue weighted by Gasteiger charge is -2.29. The fraction of sp³-hybridized carbons (Fsp3) is 0.440. The Hall–Kier alpha value is -3.22. The van der Waals surface area contributed by atoms with Crippen LogP contribution >= 0.6 is 0 Å². The zero-order valence-electron chi connectivity index (χ0n) is 19.0. The summed E-state index contributed by atoms with van der Waals surface area (Å²) in [5.74, 6) is 1.29. The predicted molar refractivity (Wildman–Crippen MR) is 122 cm³/mol. The summed E-state index contributed by atoms with van der Waals surface area (Å²) in [4.78, 5) is 27.7. The Morgan fingerprint density at radius 1 is 1.03 bits per heavy atom. The highest BCUT2D eigenvalue weighted by molar-refractivity contribution is 5.88. The van der Waals surface area contributed by atoms with Gasteiger partial charge in [0.05, 0.1) is 14.2 Å². The van der Waals surface area contributed by atoms with E-state index in [1.165, 1.54) is 0 Å². The van der Waals surface area contributed by atoms with Crippen LogP contribution in [0, 0.1) is 0 Å². The van der Waals surface area contributed by atoms with Crippen LogP contribution in [0.25, 0.3) is 0 Å². The minimum absolute atomic E-state index is 0.148. The average Bonchev–Trinajstić information content (AvgIpc) is 3.33. The maximum Gasteiger partial charge on any atom is 0.261 e. The summed E-state index contributed by atoms with van der Waals surface area (Å²) in [7, 11) is 3.15. The van der Waals surface area contributed by atoms with E-state index in [1.807, 2.05) is 36.4 Å². The van der Waals surface area contributed by atoms with Crippen LogP contribution < -0.4 is 19.5 Å². The number of nitrogens with one attached hydrogen (secondary N) is 1. The average molecular weight is 441 g/mol. The van der Waals surface area contributed by atoms with Crippen LogP contribution in [-0.2, 0) is 16.1 Å². The summed E-state index contributed by atoms with van der Waals surface area (Å²) in [5.41, 5.74) is 0.871. The quantitative estimate of drug-likeness (QED) is 0.611. The molecule has 1 aliphatic carbocycles. The molecule has 1 saturated carbocycles. The molecule has 0 spiro atoms. The van der Waals surface area contributed by atoms with Gasteiger partial charge in [0.1, 0.15) is 11.8 Å². The Morgan fingerprint density at radius 3 is 2.44 bits per heavy atom. The van der Waals surface area contributed by atoms with Crippen molar-refractivity contribution in [3.05, 3.63) is 54.1 Å². The number of hydrogen-bond acceptors (Lipinski definition) is 5. The third-order valence-electron chi connectivity index (χ3n) is 5.78. The van der Waals surface area contributed by atoms with Gasteiger partial charge in [-0.05, 0) is 49.6 Å². The number of amides is 2. The van der Waals surface area contributed by atoms with Crippen LogP contribution in [0.4, 0.5) is 0 Å². The fourth-order valence-corrected chi connectivity index (χ4v) is 3.90. The van der Waals surface area contributed by atoms with Gasteiger partial charge < -0.3 is 24.4 Å². The number of carbonyl (C=O) groups is 2. The number of methoxy groups -OCH3 is 2. The molecular weight excluding hydrogens is 408 g/mol. The van der Waals surface area contributed by atoms with Gasteiger partial charge in [-0.25, -0.2) is 0 Å². The predicted octanol–water partition coefficient (Wildman–Crippen LogP) is 3.56. The number of hydrogen-bond donors (Lipinski definition) is 1. The highest BCUT2D eigenvalue weighted by Crippen LogP contribution is 2.26. The summed E-state index contributed by atoms with van der Waals surface area (Å²) in [6.07, 6.45) is 4.22. The van der Waals surface area contributed by atoms with Gasteiger partial charge >= 0.3 is 0 Å². The number of ether oxygens (including phenoxy) is 3. The molecule has 0 aliphatic heterocycles. The van der Waals surface area contributed by atoms with E-state index < -0.39 is 6.04 Å². The highest BCUT2D eigenvalue weighted by Gasteiger charge is 2.29. The largest absolute Gasteiger partial charge is 0.497 e. The maximum atomic E-state index is 13.2. The number of carbonyl (C=O) groups excluding carboxylic acids is 2. The van der Waals surface area contributed by atoms with Crippen LogP contribution in [-0.4, -0.2) is 49.6 Å². The van der Waals surface area contributed by atoms with E-state index in [2.05, 4.69) is 5.32 Å². The molecule has 2 aromatic carbocycles. The first-order valence-electron chi connectivity index (χ1n) is 11.0. The molecule has 0 aromatic heterocycles. The Balaban J connectivity index is 1.74. The monoisotopic (exact) mass is 440 g/mol. The summed E-state index contributed by atoms with van der Waals surface area (Å²) < 4.78 is 16.3. The lowest BCUT2D eigenvalue weighted by molar-refractivity contribution is -0.142. The van der Waals surface area contributed by atoms with Crippen molar-refractivity contribution in [2.24, 2.45) is 0 Å². The molecule has 0 heterocycles. The van der Waals surface area contributed by atoms with Crippen LogP contribution in [0.15, 0.2) is 48.5 Å². The first-order chi connectivity index (χ1) is 15.5. The number of nitrogens with zero attached hydrogens (tertiary/aromatic N) is 1. The van der Waals surface area contributed by atoms with Crippen molar-refractivity contribution in [2.45, 2.75) is 51.2 Å². The van der Waals surface area contributed by atoms with Crippen molar-refractivity contribution in [1.29, 1.82) is 0 Å². The van der Waals surface area contributed by atoms with Gasteiger partial charge in [0, 0.05) is 12.6 Å².